The molecule has 2 heterocycles. The number of piperazine rings is 1. The minimum atomic E-state index is -3.63. The number of methoxy groups -OCH3 is 1. The number of sulfonamides is 1. The van der Waals surface area contributed by atoms with Gasteiger partial charge in [-0.15, -0.1) is 0 Å². The molecule has 0 spiro atoms. The fourth-order valence-corrected chi connectivity index (χ4v) is 4.47. The Bertz CT molecular complexity index is 933. The van der Waals surface area contributed by atoms with Crippen molar-refractivity contribution in [1.82, 2.24) is 14.5 Å². The van der Waals surface area contributed by atoms with Gasteiger partial charge in [-0.3, -0.25) is 9.69 Å². The Hall–Kier alpha value is -2.69. The van der Waals surface area contributed by atoms with Crippen LogP contribution in [0, 0.1) is 0 Å². The Morgan fingerprint density at radius 1 is 1.10 bits per heavy atom. The van der Waals surface area contributed by atoms with E-state index in [0.29, 0.717) is 44.8 Å². The van der Waals surface area contributed by atoms with Gasteiger partial charge in [-0.05, 0) is 36.4 Å². The van der Waals surface area contributed by atoms with Crippen molar-refractivity contribution in [3.8, 4) is 0 Å². The average Bonchev–Trinajstić information content (AvgIpc) is 3.28. The predicted molar refractivity (Wildman–Crippen MR) is 104 cm³/mol. The highest BCUT2D eigenvalue weighted by atomic mass is 32.2. The van der Waals surface area contributed by atoms with E-state index >= 15 is 0 Å². The van der Waals surface area contributed by atoms with Crippen molar-refractivity contribution in [2.75, 3.05) is 46.4 Å². The second kappa shape index (κ2) is 9.21. The fraction of sp³-hybridized carbons (Fsp3) is 0.368. The third kappa shape index (κ3) is 5.03. The molecule has 29 heavy (non-hydrogen) atoms. The van der Waals surface area contributed by atoms with Crippen LogP contribution in [0.4, 0.5) is 0 Å². The molecule has 3 rings (SSSR count). The van der Waals surface area contributed by atoms with Gasteiger partial charge in [0.15, 0.2) is 5.76 Å². The lowest BCUT2D eigenvalue weighted by atomic mass is 10.2. The molecule has 1 aromatic heterocycles. The average molecular weight is 421 g/mol. The Labute approximate surface area is 169 Å². The molecule has 1 aliphatic heterocycles. The molecule has 1 fully saturated rings. The topological polar surface area (TPSA) is 109 Å². The summed E-state index contributed by atoms with van der Waals surface area (Å²) in [7, 11) is -2.35. The highest BCUT2D eigenvalue weighted by molar-refractivity contribution is 7.89. The van der Waals surface area contributed by atoms with E-state index in [1.807, 2.05) is 0 Å². The zero-order valence-corrected chi connectivity index (χ0v) is 16.9. The van der Waals surface area contributed by atoms with Gasteiger partial charge in [-0.1, -0.05) is 0 Å². The zero-order chi connectivity index (χ0) is 20.9. The van der Waals surface area contributed by atoms with Crippen LogP contribution in [0.2, 0.25) is 0 Å². The molecule has 9 nitrogen and oxygen atoms in total. The third-order valence-corrected chi connectivity index (χ3v) is 6.62. The maximum absolute atomic E-state index is 12.8. The van der Waals surface area contributed by atoms with E-state index in [1.54, 1.807) is 12.1 Å². The molecule has 0 aliphatic carbocycles. The number of rotatable bonds is 7. The first kappa shape index (κ1) is 21.0. The lowest BCUT2D eigenvalue weighted by Crippen LogP contribution is -2.50. The van der Waals surface area contributed by atoms with E-state index in [9.17, 15) is 18.0 Å². The molecule has 1 saturated heterocycles. The second-order valence-electron chi connectivity index (χ2n) is 6.49. The molecule has 1 aromatic carbocycles. The molecule has 0 bridgehead atoms. The number of hydrogen-bond donors (Lipinski definition) is 1. The van der Waals surface area contributed by atoms with Crippen LogP contribution in [0.5, 0.6) is 0 Å². The summed E-state index contributed by atoms with van der Waals surface area (Å²) in [6.07, 6.45) is 1.44. The molecule has 10 heteroatoms. The van der Waals surface area contributed by atoms with Gasteiger partial charge in [0, 0.05) is 39.3 Å². The van der Waals surface area contributed by atoms with Gasteiger partial charge in [0.2, 0.25) is 10.0 Å². The molecular formula is C19H23N3O6S. The lowest BCUT2D eigenvalue weighted by Gasteiger charge is -2.33. The Morgan fingerprint density at radius 3 is 2.38 bits per heavy atom. The van der Waals surface area contributed by atoms with E-state index in [0.717, 1.165) is 0 Å². The quantitative estimate of drug-likeness (QED) is 0.659. The van der Waals surface area contributed by atoms with Gasteiger partial charge < -0.3 is 14.5 Å². The number of nitrogens with one attached hydrogen (secondary N) is 1. The van der Waals surface area contributed by atoms with Crippen LogP contribution in [0.1, 0.15) is 20.9 Å². The van der Waals surface area contributed by atoms with Crippen molar-refractivity contribution >= 4 is 21.9 Å². The fourth-order valence-electron chi connectivity index (χ4n) is 3.05. The maximum Gasteiger partial charge on any atom is 0.337 e. The second-order valence-corrected chi connectivity index (χ2v) is 8.43. The number of amides is 1. The summed E-state index contributed by atoms with van der Waals surface area (Å²) in [4.78, 5) is 25.6. The molecule has 156 valence electrons. The van der Waals surface area contributed by atoms with Crippen molar-refractivity contribution in [1.29, 1.82) is 0 Å². The minimum absolute atomic E-state index is 0.143. The molecule has 1 amide bonds. The van der Waals surface area contributed by atoms with Gasteiger partial charge in [-0.2, -0.15) is 4.31 Å². The van der Waals surface area contributed by atoms with Gasteiger partial charge >= 0.3 is 5.97 Å². The van der Waals surface area contributed by atoms with Crippen LogP contribution in [-0.4, -0.2) is 75.9 Å². The van der Waals surface area contributed by atoms with E-state index in [1.165, 1.54) is 41.9 Å². The number of furan rings is 1. The van der Waals surface area contributed by atoms with E-state index in [2.05, 4.69) is 15.0 Å². The molecule has 0 saturated carbocycles. The van der Waals surface area contributed by atoms with E-state index < -0.39 is 16.0 Å². The van der Waals surface area contributed by atoms with Crippen LogP contribution in [0.15, 0.2) is 52.0 Å². The monoisotopic (exact) mass is 421 g/mol. The summed E-state index contributed by atoms with van der Waals surface area (Å²) >= 11 is 0. The number of carbonyl (C=O) groups is 2. The van der Waals surface area contributed by atoms with Crippen molar-refractivity contribution in [2.45, 2.75) is 4.90 Å². The highest BCUT2D eigenvalue weighted by Crippen LogP contribution is 2.18. The summed E-state index contributed by atoms with van der Waals surface area (Å²) in [6.45, 7) is 2.90. The van der Waals surface area contributed by atoms with Crippen LogP contribution in [0.3, 0.4) is 0 Å². The smallest absolute Gasteiger partial charge is 0.337 e. The maximum atomic E-state index is 12.8. The Balaban J connectivity index is 1.49. The summed E-state index contributed by atoms with van der Waals surface area (Å²) < 4.78 is 36.7. The van der Waals surface area contributed by atoms with Crippen LogP contribution in [-0.2, 0) is 14.8 Å². The molecule has 0 atom stereocenters. The van der Waals surface area contributed by atoms with Gasteiger partial charge in [0.1, 0.15) is 0 Å². The van der Waals surface area contributed by atoms with Gasteiger partial charge in [-0.25, -0.2) is 13.2 Å². The number of esters is 1. The number of ether oxygens (including phenoxy) is 1. The molecule has 1 N–H and O–H groups in total. The molecule has 0 radical (unpaired) electrons. The molecular weight excluding hydrogens is 398 g/mol. The molecule has 2 aromatic rings. The van der Waals surface area contributed by atoms with Crippen LogP contribution in [0.25, 0.3) is 0 Å². The number of carbonyl (C=O) groups excluding carboxylic acids is 2. The minimum Gasteiger partial charge on any atom is -0.465 e. The highest BCUT2D eigenvalue weighted by Gasteiger charge is 2.28. The van der Waals surface area contributed by atoms with Gasteiger partial charge in [0.05, 0.1) is 23.8 Å². The normalized spacial score (nSPS) is 15.8. The molecule has 1 aliphatic rings. The number of nitrogens with zero attached hydrogens (tertiary/aromatic N) is 2. The van der Waals surface area contributed by atoms with Crippen molar-refractivity contribution in [2.24, 2.45) is 0 Å². The summed E-state index contributed by atoms with van der Waals surface area (Å²) in [6, 6.07) is 8.96. The first-order valence-electron chi connectivity index (χ1n) is 9.14. The number of hydrogen-bond acceptors (Lipinski definition) is 7. The first-order valence-corrected chi connectivity index (χ1v) is 10.6. The largest absolute Gasteiger partial charge is 0.465 e. The van der Waals surface area contributed by atoms with Crippen molar-refractivity contribution in [3.63, 3.8) is 0 Å². The van der Waals surface area contributed by atoms with Crippen LogP contribution < -0.4 is 5.32 Å². The van der Waals surface area contributed by atoms with E-state index in [4.69, 9.17) is 4.42 Å². The van der Waals surface area contributed by atoms with Crippen molar-refractivity contribution < 1.29 is 27.2 Å². The SMILES string of the molecule is COC(=O)c1ccc(S(=O)(=O)N2CCN(CCNC(=O)c3ccco3)CC2)cc1. The third-order valence-electron chi connectivity index (χ3n) is 4.70. The summed E-state index contributed by atoms with van der Waals surface area (Å²) in [5.41, 5.74) is 0.299. The Kier molecular flexibility index (Phi) is 6.68. The first-order chi connectivity index (χ1) is 13.9. The summed E-state index contributed by atoms with van der Waals surface area (Å²) in [5.74, 6) is -0.521. The van der Waals surface area contributed by atoms with Gasteiger partial charge in [0.25, 0.3) is 5.91 Å². The van der Waals surface area contributed by atoms with Crippen molar-refractivity contribution in [3.05, 3.63) is 54.0 Å². The van der Waals surface area contributed by atoms with E-state index in [-0.39, 0.29) is 16.6 Å². The lowest BCUT2D eigenvalue weighted by molar-refractivity contribution is 0.0600. The zero-order valence-electron chi connectivity index (χ0n) is 16.0. The number of benzene rings is 1. The Morgan fingerprint density at radius 2 is 1.79 bits per heavy atom. The molecule has 0 unspecified atom stereocenters. The standard InChI is InChI=1S/C19H23N3O6S/c1-27-19(24)15-4-6-16(7-5-15)29(25,26)22-12-10-21(11-13-22)9-8-20-18(23)17-3-2-14-28-17/h2-7,14H,8-13H2,1H3,(H,20,23). The summed E-state index contributed by atoms with van der Waals surface area (Å²) in [5, 5.41) is 2.77. The predicted octanol–water partition coefficient (Wildman–Crippen LogP) is 0.803. The van der Waals surface area contributed by atoms with Crippen LogP contribution >= 0.6 is 0 Å².